The Labute approximate surface area is 787 Å². The van der Waals surface area contributed by atoms with Crippen molar-refractivity contribution in [2.75, 3.05) is 19.6 Å². The van der Waals surface area contributed by atoms with E-state index < -0.39 is 0 Å². The number of aromatic hydroxyl groups is 8. The van der Waals surface area contributed by atoms with Crippen molar-refractivity contribution in [3.8, 4) is 46.0 Å². The van der Waals surface area contributed by atoms with Crippen LogP contribution in [0.15, 0.2) is 252 Å². The first kappa shape index (κ1) is 93.9. The van der Waals surface area contributed by atoms with Gasteiger partial charge in [-0.15, -0.1) is 0 Å². The smallest absolute Gasteiger partial charge is 0.187 e. The largest absolute Gasteiger partial charge is 0.508 e. The second kappa shape index (κ2) is 43.9. The van der Waals surface area contributed by atoms with Crippen LogP contribution in [0.2, 0.25) is 0 Å². The predicted octanol–water partition coefficient (Wildman–Crippen LogP) is 30.2. The van der Waals surface area contributed by atoms with Crippen molar-refractivity contribution < 1.29 is 40.9 Å². The molecular formula is C112H102Br2N10O8. The van der Waals surface area contributed by atoms with Gasteiger partial charge >= 0.3 is 0 Å². The summed E-state index contributed by atoms with van der Waals surface area (Å²) in [6.45, 7) is 57.0. The number of phenolic OH excluding ortho intramolecular Hbond substituents is 8. The molecule has 0 unspecified atom stereocenters. The average Bonchev–Trinajstić information content (AvgIpc) is 0.779. The van der Waals surface area contributed by atoms with Crippen LogP contribution in [-0.4, -0.2) is 86.1 Å². The maximum Gasteiger partial charge on any atom is 0.187 e. The molecule has 662 valence electrons. The Morgan fingerprint density at radius 3 is 0.697 bits per heavy atom. The van der Waals surface area contributed by atoms with Crippen molar-refractivity contribution in [3.05, 3.63) is 365 Å². The minimum absolute atomic E-state index is 0.220. The number of rotatable bonds is 26. The van der Waals surface area contributed by atoms with E-state index in [1.807, 2.05) is 146 Å². The van der Waals surface area contributed by atoms with Crippen LogP contribution >= 0.6 is 31.9 Å². The third-order valence-corrected chi connectivity index (χ3v) is 26.0. The lowest BCUT2D eigenvalue weighted by molar-refractivity contribution is 0.138. The molecular weight excluding hydrogens is 1770 g/mol. The molecule has 16 aromatic carbocycles. The van der Waals surface area contributed by atoms with Crippen LogP contribution in [0.5, 0.6) is 46.0 Å². The van der Waals surface area contributed by atoms with E-state index in [0.717, 1.165) is 204 Å². The van der Waals surface area contributed by atoms with Gasteiger partial charge in [0.25, 0.3) is 0 Å². The van der Waals surface area contributed by atoms with Crippen LogP contribution < -0.4 is 0 Å². The summed E-state index contributed by atoms with van der Waals surface area (Å²) in [6, 6.07) is 74.5. The SMILES string of the molecule is CCCN(Cc1c(O)ccc2cc(Br)ccc12)Cc1c(O)ccc2cc(Br)ccc12.[C-]#[N+]c1ccc2c(CN(CCC)Cc3c(O)ccc4cc([N+]#[C-])ccc34)c(O)ccc2c1.[C-]#[N+]c1ccc2c(CN(CCCCCC)Cc3c(O)ccc4cc([N+]#[C-])ccc34)c(O)ccc2c1.[C-]#[N+]c1ccc2c(CN(Cc3c(O)ccc4cc([N+]#[C-])ccc34)C3CCCCC3)c(O)ccc2c1. The van der Waals surface area contributed by atoms with Crippen LogP contribution in [0.4, 0.5) is 34.1 Å². The van der Waals surface area contributed by atoms with E-state index in [2.05, 4.69) is 113 Å². The van der Waals surface area contributed by atoms with E-state index in [1.54, 1.807) is 84.9 Å². The van der Waals surface area contributed by atoms with Gasteiger partial charge in [-0.2, -0.15) is 0 Å². The van der Waals surface area contributed by atoms with E-state index in [1.165, 1.54) is 25.7 Å². The molecule has 1 aliphatic rings. The molecule has 1 aliphatic carbocycles. The van der Waals surface area contributed by atoms with Crippen molar-refractivity contribution in [2.45, 2.75) is 150 Å². The standard InChI is InChI=1S/C30H27N3O2.C30H29N3O2.C27H23N3O2.C25H23Br2NO2/c1-31-22-10-12-25-20(16-22)8-14-29(34)27(25)18-33(24-6-4-3-5-7-24)19-28-26-13-11-23(32-2)17-21(26)9-15-30(28)35;1-4-5-6-7-16-33(19-27-25-12-10-23(31-2)17-21(25)8-14-29(27)34)20-28-26-13-11-24(32-3)18-22(26)9-15-30(28)35;1-4-13-30(16-24-22-9-7-20(28-2)14-18(22)5-11-26(24)31)17-25-23-10-8-21(29-3)15-19(23)6-12-27(25)32;1-2-11-28(14-22-20-7-5-18(26)12-16(20)3-9-24(22)29)15-23-21-8-6-19(27)13-17(21)4-10-25(23)30/h8-17,24,34-35H,3-7,18-19H2;8-15,17-18,34-35H,4-7,16,19-20H2,1H3;5-12,14-15,31-32H,4,13,16-17H2,1H3;3-10,12-13,29-30H,2,11,14-15H2,1H3. The molecule has 20 heteroatoms. The molecule has 0 amide bonds. The minimum atomic E-state index is 0.220. The fourth-order valence-corrected chi connectivity index (χ4v) is 19.0. The Bertz CT molecular complexity index is 6870. The van der Waals surface area contributed by atoms with Gasteiger partial charge in [-0.05, 0) is 247 Å². The van der Waals surface area contributed by atoms with Crippen molar-refractivity contribution >= 4 is 152 Å². The number of hydrogen-bond donors (Lipinski definition) is 8. The lowest BCUT2D eigenvalue weighted by Gasteiger charge is -2.35. The second-order valence-corrected chi connectivity index (χ2v) is 35.6. The topological polar surface area (TPSA) is 201 Å². The normalized spacial score (nSPS) is 12.0. The zero-order valence-electron chi connectivity index (χ0n) is 74.0. The van der Waals surface area contributed by atoms with Crippen LogP contribution in [0.1, 0.15) is 136 Å². The van der Waals surface area contributed by atoms with Gasteiger partial charge in [0.15, 0.2) is 34.1 Å². The van der Waals surface area contributed by atoms with Gasteiger partial charge in [-0.25, -0.2) is 29.1 Å². The maximum absolute atomic E-state index is 10.9. The van der Waals surface area contributed by atoms with Crippen LogP contribution in [-0.2, 0) is 52.4 Å². The summed E-state index contributed by atoms with van der Waals surface area (Å²) in [4.78, 5) is 30.3. The number of unbranched alkanes of at least 4 members (excludes halogenated alkanes) is 3. The lowest BCUT2D eigenvalue weighted by Crippen LogP contribution is -2.36. The predicted molar refractivity (Wildman–Crippen MR) is 541 cm³/mol. The molecule has 0 radical (unpaired) electrons. The molecule has 0 atom stereocenters. The fraction of sp³-hybridized carbons (Fsp3) is 0.232. The van der Waals surface area contributed by atoms with E-state index in [0.29, 0.717) is 104 Å². The van der Waals surface area contributed by atoms with Gasteiger partial charge in [-0.1, -0.05) is 225 Å². The van der Waals surface area contributed by atoms with E-state index in [-0.39, 0.29) is 34.5 Å². The molecule has 18 nitrogen and oxygen atoms in total. The number of phenols is 8. The summed E-state index contributed by atoms with van der Waals surface area (Å²) >= 11 is 7.05. The van der Waals surface area contributed by atoms with Gasteiger partial charge in [0.1, 0.15) is 46.0 Å². The zero-order valence-corrected chi connectivity index (χ0v) is 77.2. The Balaban J connectivity index is 0.000000142. The summed E-state index contributed by atoms with van der Waals surface area (Å²) in [5.41, 5.74) is 10.2. The monoisotopic (exact) mass is 1870 g/mol. The summed E-state index contributed by atoms with van der Waals surface area (Å²) < 4.78 is 2.03. The van der Waals surface area contributed by atoms with Crippen LogP contribution in [0.25, 0.3) is 115 Å². The maximum atomic E-state index is 10.9. The van der Waals surface area contributed by atoms with Gasteiger partial charge in [0.2, 0.25) is 0 Å². The average molecular weight is 1880 g/mol. The Hall–Kier alpha value is -14.3. The molecule has 1 saturated carbocycles. The van der Waals surface area contributed by atoms with Gasteiger partial charge in [-0.3, -0.25) is 19.6 Å². The molecule has 0 aromatic heterocycles. The lowest BCUT2D eigenvalue weighted by atomic mass is 9.92. The van der Waals surface area contributed by atoms with Gasteiger partial charge < -0.3 is 40.9 Å². The number of nitrogens with zero attached hydrogens (tertiary/aromatic N) is 10. The molecule has 132 heavy (non-hydrogen) atoms. The van der Waals surface area contributed by atoms with Crippen LogP contribution in [0.3, 0.4) is 0 Å². The quantitative estimate of drug-likeness (QED) is 0.0189. The molecule has 17 rings (SSSR count). The molecule has 16 aromatic rings. The Morgan fingerprint density at radius 1 is 0.250 bits per heavy atom. The third-order valence-electron chi connectivity index (χ3n) is 25.0. The van der Waals surface area contributed by atoms with Crippen molar-refractivity contribution in [3.63, 3.8) is 0 Å². The summed E-state index contributed by atoms with van der Waals surface area (Å²) in [6.07, 6.45) is 12.1. The first-order valence-corrected chi connectivity index (χ1v) is 46.1. The summed E-state index contributed by atoms with van der Waals surface area (Å²) in [5.74, 6) is 2.01. The van der Waals surface area contributed by atoms with Crippen molar-refractivity contribution in [1.29, 1.82) is 0 Å². The number of halogens is 2. The third kappa shape index (κ3) is 22.2. The molecule has 0 aliphatic heterocycles. The Morgan fingerprint density at radius 2 is 0.470 bits per heavy atom. The molecule has 0 heterocycles. The number of hydrogen-bond acceptors (Lipinski definition) is 12. The highest BCUT2D eigenvalue weighted by atomic mass is 79.9. The molecule has 0 saturated heterocycles. The first-order chi connectivity index (χ1) is 64.1. The zero-order chi connectivity index (χ0) is 93.1. The van der Waals surface area contributed by atoms with E-state index >= 15 is 0 Å². The fourth-order valence-electron chi connectivity index (χ4n) is 18.2. The molecule has 0 bridgehead atoms. The van der Waals surface area contributed by atoms with Crippen LogP contribution in [0, 0.1) is 39.4 Å². The van der Waals surface area contributed by atoms with Crippen molar-refractivity contribution in [1.82, 2.24) is 19.6 Å². The summed E-state index contributed by atoms with van der Waals surface area (Å²) in [7, 11) is 0. The first-order valence-electron chi connectivity index (χ1n) is 44.5. The molecule has 1 fully saturated rings. The minimum Gasteiger partial charge on any atom is -0.508 e. The highest BCUT2D eigenvalue weighted by Gasteiger charge is 2.27. The highest BCUT2D eigenvalue weighted by molar-refractivity contribution is 9.10. The Kier molecular flexibility index (Phi) is 31.2. The number of fused-ring (bicyclic) bond motifs is 8. The molecule has 8 N–H and O–H groups in total. The number of benzene rings is 16. The van der Waals surface area contributed by atoms with E-state index in [9.17, 15) is 40.9 Å². The van der Waals surface area contributed by atoms with E-state index in [4.69, 9.17) is 39.4 Å². The van der Waals surface area contributed by atoms with Gasteiger partial charge in [0, 0.05) is 112 Å². The second-order valence-electron chi connectivity index (χ2n) is 33.7. The molecule has 0 spiro atoms. The van der Waals surface area contributed by atoms with Gasteiger partial charge in [0.05, 0.1) is 39.4 Å². The summed E-state index contributed by atoms with van der Waals surface area (Å²) in [5, 5.41) is 101. The highest BCUT2D eigenvalue weighted by Crippen LogP contribution is 2.43. The van der Waals surface area contributed by atoms with Crippen molar-refractivity contribution in [2.24, 2.45) is 0 Å².